The number of hydrogen-bond acceptors (Lipinski definition) is 3. The van der Waals surface area contributed by atoms with Gasteiger partial charge in [-0.1, -0.05) is 13.8 Å². The monoisotopic (exact) mass is 209 g/mol. The van der Waals surface area contributed by atoms with Crippen molar-refractivity contribution in [2.45, 2.75) is 32.7 Å². The Hall–Kier alpha value is -1.08. The molecule has 0 bridgehead atoms. The fourth-order valence-corrected chi connectivity index (χ4v) is 2.08. The van der Waals surface area contributed by atoms with Crippen molar-refractivity contribution in [2.24, 2.45) is 11.8 Å². The zero-order valence-corrected chi connectivity index (χ0v) is 9.42. The fraction of sp³-hybridized carbons (Fsp3) is 0.818. The van der Waals surface area contributed by atoms with Crippen LogP contribution < -0.4 is 10.6 Å². The average molecular weight is 209 g/mol. The molecule has 0 radical (unpaired) electrons. The summed E-state index contributed by atoms with van der Waals surface area (Å²) in [4.78, 5) is 11.2. The lowest BCUT2D eigenvalue weighted by atomic mass is 9.98. The van der Waals surface area contributed by atoms with Crippen molar-refractivity contribution in [3.63, 3.8) is 0 Å². The summed E-state index contributed by atoms with van der Waals surface area (Å²) in [5.41, 5.74) is 0. The van der Waals surface area contributed by atoms with Gasteiger partial charge in [-0.2, -0.15) is 5.26 Å². The molecule has 1 rings (SSSR count). The van der Waals surface area contributed by atoms with Crippen LogP contribution in [0.25, 0.3) is 0 Å². The summed E-state index contributed by atoms with van der Waals surface area (Å²) in [6, 6.07) is 2.33. The molecule has 4 nitrogen and oxygen atoms in total. The zero-order valence-electron chi connectivity index (χ0n) is 9.42. The third kappa shape index (κ3) is 3.52. The van der Waals surface area contributed by atoms with E-state index in [1.807, 2.05) is 6.07 Å². The number of hydrogen-bond donors (Lipinski definition) is 2. The van der Waals surface area contributed by atoms with Crippen molar-refractivity contribution in [1.29, 1.82) is 5.26 Å². The quantitative estimate of drug-likeness (QED) is 0.668. The highest BCUT2D eigenvalue weighted by Crippen LogP contribution is 2.30. The maximum Gasteiger partial charge on any atom is 0.234 e. The van der Waals surface area contributed by atoms with Crippen molar-refractivity contribution in [2.75, 3.05) is 13.1 Å². The highest BCUT2D eigenvalue weighted by molar-refractivity contribution is 5.78. The lowest BCUT2D eigenvalue weighted by molar-refractivity contribution is -0.120. The molecule has 4 heteroatoms. The second-order valence-corrected chi connectivity index (χ2v) is 4.34. The molecule has 0 aromatic heterocycles. The summed E-state index contributed by atoms with van der Waals surface area (Å²) in [5.74, 6) is 1.28. The smallest absolute Gasteiger partial charge is 0.234 e. The van der Waals surface area contributed by atoms with Crippen LogP contribution in [0.1, 0.15) is 26.7 Å². The minimum atomic E-state index is -0.0942. The normalized spacial score (nSPS) is 29.8. The van der Waals surface area contributed by atoms with Gasteiger partial charge < -0.3 is 10.6 Å². The first-order valence-corrected chi connectivity index (χ1v) is 5.52. The molecule has 3 atom stereocenters. The van der Waals surface area contributed by atoms with Gasteiger partial charge in [0.1, 0.15) is 6.54 Å². The SMILES string of the molecule is CC1CCC(NCC(=O)NCC#N)C1C. The minimum Gasteiger partial charge on any atom is -0.342 e. The van der Waals surface area contributed by atoms with E-state index in [1.165, 1.54) is 6.42 Å². The number of amides is 1. The first-order chi connectivity index (χ1) is 7.15. The Kier molecular flexibility index (Phi) is 4.57. The van der Waals surface area contributed by atoms with Gasteiger partial charge in [-0.3, -0.25) is 4.79 Å². The Bertz CT molecular complexity index is 259. The van der Waals surface area contributed by atoms with E-state index in [2.05, 4.69) is 24.5 Å². The average Bonchev–Trinajstić information content (AvgIpc) is 2.54. The van der Waals surface area contributed by atoms with Crippen LogP contribution in [0.15, 0.2) is 0 Å². The molecule has 3 unspecified atom stereocenters. The summed E-state index contributed by atoms with van der Waals surface area (Å²) < 4.78 is 0. The number of nitriles is 1. The summed E-state index contributed by atoms with van der Waals surface area (Å²) in [6.45, 7) is 4.89. The maximum absolute atomic E-state index is 11.2. The van der Waals surface area contributed by atoms with Crippen molar-refractivity contribution < 1.29 is 4.79 Å². The Balaban J connectivity index is 2.20. The van der Waals surface area contributed by atoms with Gasteiger partial charge >= 0.3 is 0 Å². The van der Waals surface area contributed by atoms with Crippen LogP contribution in [0.5, 0.6) is 0 Å². The highest BCUT2D eigenvalue weighted by Gasteiger charge is 2.29. The minimum absolute atomic E-state index is 0.0942. The first kappa shape index (κ1) is 12.0. The van der Waals surface area contributed by atoms with E-state index in [4.69, 9.17) is 5.26 Å². The van der Waals surface area contributed by atoms with E-state index >= 15 is 0 Å². The molecule has 1 aliphatic rings. The predicted octanol–water partition coefficient (Wildman–Crippen LogP) is 0.650. The predicted molar refractivity (Wildman–Crippen MR) is 58.0 cm³/mol. The van der Waals surface area contributed by atoms with E-state index in [1.54, 1.807) is 0 Å². The molecule has 0 aromatic rings. The molecule has 1 amide bonds. The zero-order chi connectivity index (χ0) is 11.3. The second-order valence-electron chi connectivity index (χ2n) is 4.34. The van der Waals surface area contributed by atoms with Gasteiger partial charge in [-0.25, -0.2) is 0 Å². The second kappa shape index (κ2) is 5.72. The topological polar surface area (TPSA) is 64.9 Å². The van der Waals surface area contributed by atoms with Crippen LogP contribution in [0, 0.1) is 23.2 Å². The number of nitrogens with one attached hydrogen (secondary N) is 2. The van der Waals surface area contributed by atoms with Crippen LogP contribution in [-0.2, 0) is 4.79 Å². The number of rotatable bonds is 4. The Morgan fingerprint density at radius 1 is 1.47 bits per heavy atom. The molecule has 1 saturated carbocycles. The van der Waals surface area contributed by atoms with Gasteiger partial charge in [-0.05, 0) is 24.7 Å². The summed E-state index contributed by atoms with van der Waals surface area (Å²) >= 11 is 0. The summed E-state index contributed by atoms with van der Waals surface area (Å²) in [5, 5.41) is 14.1. The number of carbonyl (C=O) groups is 1. The van der Waals surface area contributed by atoms with Gasteiger partial charge in [0.25, 0.3) is 0 Å². The summed E-state index contributed by atoms with van der Waals surface area (Å²) in [6.07, 6.45) is 2.38. The molecule has 84 valence electrons. The van der Waals surface area contributed by atoms with E-state index in [9.17, 15) is 4.79 Å². The third-order valence-electron chi connectivity index (χ3n) is 3.35. The van der Waals surface area contributed by atoms with Crippen molar-refractivity contribution in [3.05, 3.63) is 0 Å². The van der Waals surface area contributed by atoms with Crippen LogP contribution >= 0.6 is 0 Å². The number of nitrogens with zero attached hydrogens (tertiary/aromatic N) is 1. The largest absolute Gasteiger partial charge is 0.342 e. The van der Waals surface area contributed by atoms with Crippen molar-refractivity contribution >= 4 is 5.91 Å². The maximum atomic E-state index is 11.2. The van der Waals surface area contributed by atoms with Crippen molar-refractivity contribution in [3.8, 4) is 6.07 Å². The van der Waals surface area contributed by atoms with E-state index < -0.39 is 0 Å². The fourth-order valence-electron chi connectivity index (χ4n) is 2.08. The molecule has 0 spiro atoms. The Morgan fingerprint density at radius 3 is 2.73 bits per heavy atom. The van der Waals surface area contributed by atoms with E-state index in [0.29, 0.717) is 18.5 Å². The molecular formula is C11H19N3O. The van der Waals surface area contributed by atoms with Gasteiger partial charge in [0, 0.05) is 6.04 Å². The molecule has 2 N–H and O–H groups in total. The molecule has 1 aliphatic carbocycles. The van der Waals surface area contributed by atoms with Gasteiger partial charge in [0.05, 0.1) is 12.6 Å². The van der Waals surface area contributed by atoms with Crippen LogP contribution in [0.4, 0.5) is 0 Å². The third-order valence-corrected chi connectivity index (χ3v) is 3.35. The molecular weight excluding hydrogens is 190 g/mol. The first-order valence-electron chi connectivity index (χ1n) is 5.52. The van der Waals surface area contributed by atoms with E-state index in [0.717, 1.165) is 12.3 Å². The lowest BCUT2D eigenvalue weighted by Gasteiger charge is -2.19. The van der Waals surface area contributed by atoms with Crippen molar-refractivity contribution in [1.82, 2.24) is 10.6 Å². The standard InChI is InChI=1S/C11H19N3O/c1-8-3-4-10(9(8)2)14-7-11(15)13-6-5-12/h8-10,14H,3-4,6-7H2,1-2H3,(H,13,15). The molecule has 15 heavy (non-hydrogen) atoms. The Morgan fingerprint density at radius 2 is 2.20 bits per heavy atom. The van der Waals surface area contributed by atoms with E-state index in [-0.39, 0.29) is 12.5 Å². The van der Waals surface area contributed by atoms with Gasteiger partial charge in [0.15, 0.2) is 0 Å². The molecule has 0 saturated heterocycles. The molecule has 0 aromatic carbocycles. The molecule has 0 heterocycles. The molecule has 0 aliphatic heterocycles. The van der Waals surface area contributed by atoms with Crippen LogP contribution in [-0.4, -0.2) is 25.0 Å². The van der Waals surface area contributed by atoms with Crippen LogP contribution in [0.3, 0.4) is 0 Å². The highest BCUT2D eigenvalue weighted by atomic mass is 16.1. The van der Waals surface area contributed by atoms with Gasteiger partial charge in [0.2, 0.25) is 5.91 Å². The number of carbonyl (C=O) groups excluding carboxylic acids is 1. The van der Waals surface area contributed by atoms with Crippen LogP contribution in [0.2, 0.25) is 0 Å². The lowest BCUT2D eigenvalue weighted by Crippen LogP contribution is -2.40. The Labute approximate surface area is 91.0 Å². The summed E-state index contributed by atoms with van der Waals surface area (Å²) in [7, 11) is 0. The van der Waals surface area contributed by atoms with Gasteiger partial charge in [-0.15, -0.1) is 0 Å². The molecule has 1 fully saturated rings.